The highest BCUT2D eigenvalue weighted by Crippen LogP contribution is 2.23. The predicted molar refractivity (Wildman–Crippen MR) is 69.3 cm³/mol. The predicted octanol–water partition coefficient (Wildman–Crippen LogP) is 1.70. The second-order valence-corrected chi connectivity index (χ2v) is 5.05. The molecule has 1 heterocycles. The van der Waals surface area contributed by atoms with Crippen LogP contribution in [0.5, 0.6) is 0 Å². The van der Waals surface area contributed by atoms with Crippen molar-refractivity contribution in [1.29, 1.82) is 0 Å². The number of nitrogens with one attached hydrogen (secondary N) is 1. The van der Waals surface area contributed by atoms with Crippen molar-refractivity contribution in [2.75, 3.05) is 13.2 Å². The van der Waals surface area contributed by atoms with Gasteiger partial charge in [-0.15, -0.1) is 0 Å². The van der Waals surface area contributed by atoms with Gasteiger partial charge in [0.25, 0.3) is 5.91 Å². The fourth-order valence-electron chi connectivity index (χ4n) is 2.12. The summed E-state index contributed by atoms with van der Waals surface area (Å²) >= 11 is 5.83. The summed E-state index contributed by atoms with van der Waals surface area (Å²) in [6, 6.07) is 6.52. The van der Waals surface area contributed by atoms with Crippen molar-refractivity contribution in [3.63, 3.8) is 0 Å². The molecule has 6 heteroatoms. The first kappa shape index (κ1) is 13.8. The molecule has 1 aromatic rings. The number of rotatable bonds is 4. The van der Waals surface area contributed by atoms with Gasteiger partial charge in [0.05, 0.1) is 18.6 Å². The zero-order chi connectivity index (χ0) is 13.9. The lowest BCUT2D eigenvalue weighted by Crippen LogP contribution is -2.50. The summed E-state index contributed by atoms with van der Waals surface area (Å²) < 4.78 is 5.22. The smallest absolute Gasteiger partial charge is 0.305 e. The molecule has 1 unspecified atom stereocenters. The van der Waals surface area contributed by atoms with E-state index in [0.29, 0.717) is 23.6 Å². The molecule has 1 aromatic carbocycles. The fraction of sp³-hybridized carbons (Fsp3) is 0.385. The molecule has 1 aliphatic rings. The van der Waals surface area contributed by atoms with E-state index in [1.165, 1.54) is 0 Å². The third-order valence-corrected chi connectivity index (χ3v) is 3.29. The molecule has 0 spiro atoms. The number of carboxylic acid groups (broad SMARTS) is 1. The summed E-state index contributed by atoms with van der Waals surface area (Å²) in [6.45, 7) is 0.661. The second-order valence-electron chi connectivity index (χ2n) is 4.62. The third-order valence-electron chi connectivity index (χ3n) is 3.06. The van der Waals surface area contributed by atoms with Gasteiger partial charge in [0.15, 0.2) is 0 Å². The van der Waals surface area contributed by atoms with E-state index in [-0.39, 0.29) is 18.9 Å². The summed E-state index contributed by atoms with van der Waals surface area (Å²) in [5.74, 6) is -1.30. The monoisotopic (exact) mass is 283 g/mol. The maximum Gasteiger partial charge on any atom is 0.305 e. The van der Waals surface area contributed by atoms with Crippen molar-refractivity contribution in [2.45, 2.75) is 18.4 Å². The highest BCUT2D eigenvalue weighted by Gasteiger charge is 2.38. The van der Waals surface area contributed by atoms with E-state index < -0.39 is 11.5 Å². The van der Waals surface area contributed by atoms with Crippen LogP contribution in [0.15, 0.2) is 24.3 Å². The van der Waals surface area contributed by atoms with Gasteiger partial charge in [-0.05, 0) is 24.6 Å². The Morgan fingerprint density at radius 1 is 1.47 bits per heavy atom. The van der Waals surface area contributed by atoms with Gasteiger partial charge in [0.1, 0.15) is 0 Å². The van der Waals surface area contributed by atoms with Crippen LogP contribution in [0.1, 0.15) is 23.2 Å². The molecule has 0 aromatic heterocycles. The summed E-state index contributed by atoms with van der Waals surface area (Å²) in [4.78, 5) is 23.0. The first-order valence-electron chi connectivity index (χ1n) is 5.88. The van der Waals surface area contributed by atoms with Crippen molar-refractivity contribution in [3.05, 3.63) is 34.9 Å². The first-order valence-corrected chi connectivity index (χ1v) is 6.26. The molecule has 2 N–H and O–H groups in total. The van der Waals surface area contributed by atoms with Crippen LogP contribution in [0.4, 0.5) is 0 Å². The Morgan fingerprint density at radius 3 is 2.84 bits per heavy atom. The average Bonchev–Trinajstić information content (AvgIpc) is 2.76. The Bertz CT molecular complexity index is 497. The molecule has 19 heavy (non-hydrogen) atoms. The Balaban J connectivity index is 2.13. The lowest BCUT2D eigenvalue weighted by molar-refractivity contribution is -0.138. The Kier molecular flexibility index (Phi) is 4.07. The number of amides is 1. The van der Waals surface area contributed by atoms with Crippen LogP contribution in [0, 0.1) is 0 Å². The number of benzene rings is 1. The zero-order valence-electron chi connectivity index (χ0n) is 10.2. The van der Waals surface area contributed by atoms with Crippen molar-refractivity contribution in [1.82, 2.24) is 5.32 Å². The molecule has 0 aliphatic carbocycles. The minimum absolute atomic E-state index is 0.153. The van der Waals surface area contributed by atoms with Gasteiger partial charge >= 0.3 is 5.97 Å². The lowest BCUT2D eigenvalue weighted by atomic mass is 9.94. The van der Waals surface area contributed by atoms with E-state index in [2.05, 4.69) is 5.32 Å². The number of ether oxygens (including phenoxy) is 1. The standard InChI is InChI=1S/C13H14ClNO4/c14-10-3-1-2-9(6-10)12(18)15-13(7-11(16)17)4-5-19-8-13/h1-3,6H,4-5,7-8H2,(H,15,18)(H,16,17). The molecule has 1 aliphatic heterocycles. The molecule has 1 amide bonds. The normalized spacial score (nSPS) is 22.2. The van der Waals surface area contributed by atoms with E-state index in [0.717, 1.165) is 0 Å². The number of halogens is 1. The first-order chi connectivity index (χ1) is 9.01. The van der Waals surface area contributed by atoms with Crippen molar-refractivity contribution < 1.29 is 19.4 Å². The molecule has 5 nitrogen and oxygen atoms in total. The van der Waals surface area contributed by atoms with Crippen LogP contribution in [-0.2, 0) is 9.53 Å². The highest BCUT2D eigenvalue weighted by molar-refractivity contribution is 6.30. The summed E-state index contributed by atoms with van der Waals surface area (Å²) in [5, 5.41) is 12.2. The van der Waals surface area contributed by atoms with E-state index in [4.69, 9.17) is 21.4 Å². The summed E-state index contributed by atoms with van der Waals surface area (Å²) in [6.07, 6.45) is 0.338. The van der Waals surface area contributed by atoms with Gasteiger partial charge in [-0.1, -0.05) is 17.7 Å². The molecular formula is C13H14ClNO4. The van der Waals surface area contributed by atoms with Gasteiger partial charge in [-0.3, -0.25) is 9.59 Å². The largest absolute Gasteiger partial charge is 0.481 e. The van der Waals surface area contributed by atoms with E-state index in [1.54, 1.807) is 24.3 Å². The molecule has 1 saturated heterocycles. The lowest BCUT2D eigenvalue weighted by Gasteiger charge is -2.27. The van der Waals surface area contributed by atoms with Crippen LogP contribution in [0.2, 0.25) is 5.02 Å². The van der Waals surface area contributed by atoms with Crippen LogP contribution < -0.4 is 5.32 Å². The van der Waals surface area contributed by atoms with Crippen molar-refractivity contribution >= 4 is 23.5 Å². The molecular weight excluding hydrogens is 270 g/mol. The Hall–Kier alpha value is -1.59. The zero-order valence-corrected chi connectivity index (χ0v) is 10.9. The third kappa shape index (κ3) is 3.45. The minimum atomic E-state index is -0.961. The number of carbonyl (C=O) groups excluding carboxylic acids is 1. The van der Waals surface area contributed by atoms with Crippen molar-refractivity contribution in [3.8, 4) is 0 Å². The average molecular weight is 284 g/mol. The molecule has 102 valence electrons. The van der Waals surface area contributed by atoms with Crippen LogP contribution in [-0.4, -0.2) is 35.7 Å². The Labute approximate surface area is 115 Å². The number of hydrogen-bond donors (Lipinski definition) is 2. The van der Waals surface area contributed by atoms with E-state index in [9.17, 15) is 9.59 Å². The molecule has 0 radical (unpaired) electrons. The topological polar surface area (TPSA) is 75.6 Å². The molecule has 1 atom stereocenters. The van der Waals surface area contributed by atoms with Crippen LogP contribution in [0.25, 0.3) is 0 Å². The Morgan fingerprint density at radius 2 is 2.26 bits per heavy atom. The minimum Gasteiger partial charge on any atom is -0.481 e. The highest BCUT2D eigenvalue weighted by atomic mass is 35.5. The SMILES string of the molecule is O=C(O)CC1(NC(=O)c2cccc(Cl)c2)CCOC1. The summed E-state index contributed by atoms with van der Waals surface area (Å²) in [7, 11) is 0. The van der Waals surface area contributed by atoms with E-state index >= 15 is 0 Å². The number of aliphatic carboxylic acids is 1. The fourth-order valence-corrected chi connectivity index (χ4v) is 2.31. The molecule has 2 rings (SSSR count). The van der Waals surface area contributed by atoms with Crippen LogP contribution >= 0.6 is 11.6 Å². The molecule has 0 bridgehead atoms. The maximum atomic E-state index is 12.1. The second kappa shape index (κ2) is 5.59. The van der Waals surface area contributed by atoms with Gasteiger partial charge in [0, 0.05) is 17.2 Å². The van der Waals surface area contributed by atoms with Gasteiger partial charge in [-0.25, -0.2) is 0 Å². The molecule has 1 fully saturated rings. The quantitative estimate of drug-likeness (QED) is 0.882. The number of carbonyl (C=O) groups is 2. The number of hydrogen-bond acceptors (Lipinski definition) is 3. The van der Waals surface area contributed by atoms with Gasteiger partial charge in [-0.2, -0.15) is 0 Å². The summed E-state index contributed by atoms with van der Waals surface area (Å²) in [5.41, 5.74) is -0.422. The van der Waals surface area contributed by atoms with Gasteiger partial charge < -0.3 is 15.2 Å². The molecule has 0 saturated carbocycles. The number of carboxylic acids is 1. The van der Waals surface area contributed by atoms with E-state index in [1.807, 2.05) is 0 Å². The van der Waals surface area contributed by atoms with Gasteiger partial charge in [0.2, 0.25) is 0 Å². The van der Waals surface area contributed by atoms with Crippen LogP contribution in [0.3, 0.4) is 0 Å². The maximum absolute atomic E-state index is 12.1. The van der Waals surface area contributed by atoms with Crippen molar-refractivity contribution in [2.24, 2.45) is 0 Å².